The fourth-order valence-corrected chi connectivity index (χ4v) is 10.7. The molecule has 0 aliphatic heterocycles. The van der Waals surface area contributed by atoms with Crippen LogP contribution in [-0.4, -0.2) is 60.7 Å². The SMILES string of the molecule is C=C(C)[C@@H](CCC#CC(CC(C)(C#CCOCc1ccc(OC)cc1)OCOC)O[Si](c1ccccc1)(c1ccccc1)C(C)(C)C)CC(=O)OC. The Hall–Kier alpha value is -4.15. The third kappa shape index (κ3) is 12.5. The summed E-state index contributed by atoms with van der Waals surface area (Å²) in [5.74, 6) is 13.9. The summed E-state index contributed by atoms with van der Waals surface area (Å²) in [6, 6.07) is 28.8. The molecule has 3 rings (SSSR count). The summed E-state index contributed by atoms with van der Waals surface area (Å²) < 4.78 is 35.3. The first-order chi connectivity index (χ1) is 24.9. The Balaban J connectivity index is 2.01. The molecule has 0 amide bonds. The first kappa shape index (κ1) is 42.3. The van der Waals surface area contributed by atoms with Crippen molar-refractivity contribution in [2.24, 2.45) is 5.92 Å². The van der Waals surface area contributed by atoms with E-state index in [4.69, 9.17) is 28.1 Å². The van der Waals surface area contributed by atoms with Gasteiger partial charge in [0.25, 0.3) is 8.32 Å². The number of hydrogen-bond donors (Lipinski definition) is 0. The first-order valence-electron chi connectivity index (χ1n) is 17.7. The molecule has 3 aromatic rings. The first-order valence-corrected chi connectivity index (χ1v) is 19.6. The van der Waals surface area contributed by atoms with Crippen molar-refractivity contribution < 1.29 is 32.9 Å². The number of allylic oxidation sites excluding steroid dienone is 1. The molecular formula is C44H56O7Si. The smallest absolute Gasteiger partial charge is 0.306 e. The van der Waals surface area contributed by atoms with E-state index in [1.807, 2.05) is 50.2 Å². The predicted molar refractivity (Wildman–Crippen MR) is 211 cm³/mol. The van der Waals surface area contributed by atoms with Crippen LogP contribution in [0.4, 0.5) is 0 Å². The van der Waals surface area contributed by atoms with Crippen LogP contribution in [0, 0.1) is 29.6 Å². The highest BCUT2D eigenvalue weighted by molar-refractivity contribution is 6.99. The van der Waals surface area contributed by atoms with E-state index in [2.05, 4.69) is 99.6 Å². The third-order valence-corrected chi connectivity index (χ3v) is 14.0. The summed E-state index contributed by atoms with van der Waals surface area (Å²) in [6.45, 7) is 15.4. The Kier molecular flexibility index (Phi) is 16.9. The minimum Gasteiger partial charge on any atom is -0.497 e. The van der Waals surface area contributed by atoms with E-state index in [1.165, 1.54) is 7.11 Å². The van der Waals surface area contributed by atoms with Crippen LogP contribution in [0.3, 0.4) is 0 Å². The van der Waals surface area contributed by atoms with Crippen molar-refractivity contribution >= 4 is 24.7 Å². The van der Waals surface area contributed by atoms with Gasteiger partial charge < -0.3 is 28.1 Å². The number of methoxy groups -OCH3 is 3. The maximum absolute atomic E-state index is 12.1. The van der Waals surface area contributed by atoms with Gasteiger partial charge in [0.2, 0.25) is 0 Å². The van der Waals surface area contributed by atoms with E-state index in [9.17, 15) is 4.79 Å². The van der Waals surface area contributed by atoms with E-state index in [0.717, 1.165) is 27.3 Å². The molecule has 0 aliphatic rings. The average Bonchev–Trinajstić information content (AvgIpc) is 3.14. The summed E-state index contributed by atoms with van der Waals surface area (Å²) in [5, 5.41) is 2.03. The highest BCUT2D eigenvalue weighted by Gasteiger charge is 2.52. The second kappa shape index (κ2) is 20.8. The predicted octanol–water partition coefficient (Wildman–Crippen LogP) is 7.47. The molecule has 278 valence electrons. The Morgan fingerprint density at radius 2 is 1.48 bits per heavy atom. The Labute approximate surface area is 313 Å². The van der Waals surface area contributed by atoms with Gasteiger partial charge in [-0.1, -0.05) is 123 Å². The standard InChI is InChI=1S/C44H56O7Si/c1-35(2)37(31-42(45)48-9)19-16-17-20-39(51-52(43(3,4)5,40-21-12-10-13-22-40)41-23-14-11-15-24-41)32-44(6,50-34-46-7)29-18-30-49-33-36-25-27-38(47-8)28-26-36/h10-15,21-28,37,39H,1,16,19,30-34H2,2-9H3/t37-,39?,44?/m0/s1. The third-order valence-electron chi connectivity index (χ3n) is 8.98. The second-order valence-electron chi connectivity index (χ2n) is 14.1. The Morgan fingerprint density at radius 3 is 2.00 bits per heavy atom. The highest BCUT2D eigenvalue weighted by atomic mass is 28.4. The molecule has 0 saturated heterocycles. The van der Waals surface area contributed by atoms with Crippen molar-refractivity contribution in [3.63, 3.8) is 0 Å². The number of carbonyl (C=O) groups is 1. The second-order valence-corrected chi connectivity index (χ2v) is 18.3. The minimum absolute atomic E-state index is 0.0307. The van der Waals surface area contributed by atoms with Crippen molar-refractivity contribution in [2.45, 2.75) is 83.7 Å². The van der Waals surface area contributed by atoms with E-state index < -0.39 is 20.0 Å². The fourth-order valence-electron chi connectivity index (χ4n) is 6.12. The Morgan fingerprint density at radius 1 is 0.865 bits per heavy atom. The molecule has 0 aliphatic carbocycles. The molecule has 0 saturated carbocycles. The van der Waals surface area contributed by atoms with E-state index in [-0.39, 0.29) is 36.7 Å². The lowest BCUT2D eigenvalue weighted by molar-refractivity contribution is -0.141. The van der Waals surface area contributed by atoms with Crippen LogP contribution in [0.15, 0.2) is 97.1 Å². The molecule has 0 N–H and O–H groups in total. The highest BCUT2D eigenvalue weighted by Crippen LogP contribution is 2.38. The van der Waals surface area contributed by atoms with Crippen LogP contribution in [0.2, 0.25) is 5.04 Å². The lowest BCUT2D eigenvalue weighted by Gasteiger charge is -2.45. The van der Waals surface area contributed by atoms with E-state index in [0.29, 0.717) is 25.9 Å². The van der Waals surface area contributed by atoms with Crippen molar-refractivity contribution in [1.82, 2.24) is 0 Å². The molecule has 0 fully saturated rings. The summed E-state index contributed by atoms with van der Waals surface area (Å²) >= 11 is 0. The maximum atomic E-state index is 12.1. The molecule has 0 spiro atoms. The lowest BCUT2D eigenvalue weighted by atomic mass is 9.93. The van der Waals surface area contributed by atoms with Gasteiger partial charge in [0.1, 0.15) is 30.9 Å². The van der Waals surface area contributed by atoms with Crippen molar-refractivity contribution in [3.05, 3.63) is 103 Å². The van der Waals surface area contributed by atoms with Crippen molar-refractivity contribution in [2.75, 3.05) is 34.7 Å². The molecule has 3 aromatic carbocycles. The summed E-state index contributed by atoms with van der Waals surface area (Å²) in [4.78, 5) is 12.1. The zero-order chi connectivity index (χ0) is 38.0. The zero-order valence-electron chi connectivity index (χ0n) is 32.3. The van der Waals surface area contributed by atoms with Gasteiger partial charge in [0, 0.05) is 20.0 Å². The maximum Gasteiger partial charge on any atom is 0.306 e. The monoisotopic (exact) mass is 724 g/mol. The normalized spacial score (nSPS) is 13.7. The molecule has 8 heteroatoms. The Bertz CT molecular complexity index is 1620. The molecule has 7 nitrogen and oxygen atoms in total. The number of ether oxygens (including phenoxy) is 5. The van der Waals surface area contributed by atoms with Crippen LogP contribution in [0.25, 0.3) is 0 Å². The molecule has 2 unspecified atom stereocenters. The van der Waals surface area contributed by atoms with Crippen LogP contribution >= 0.6 is 0 Å². The number of carbonyl (C=O) groups excluding carboxylic acids is 1. The summed E-state index contributed by atoms with van der Waals surface area (Å²) in [7, 11) is 1.64. The summed E-state index contributed by atoms with van der Waals surface area (Å²) in [5.41, 5.74) is 0.975. The average molecular weight is 725 g/mol. The van der Waals surface area contributed by atoms with Crippen LogP contribution in [-0.2, 0) is 34.8 Å². The van der Waals surface area contributed by atoms with Gasteiger partial charge in [0.15, 0.2) is 0 Å². The molecule has 0 bridgehead atoms. The molecule has 0 radical (unpaired) electrons. The number of rotatable bonds is 18. The van der Waals surface area contributed by atoms with E-state index in [1.54, 1.807) is 14.2 Å². The molecular weight excluding hydrogens is 669 g/mol. The summed E-state index contributed by atoms with van der Waals surface area (Å²) in [6.07, 6.45) is 1.29. The van der Waals surface area contributed by atoms with E-state index >= 15 is 0 Å². The lowest BCUT2D eigenvalue weighted by Crippen LogP contribution is -2.67. The van der Waals surface area contributed by atoms with Gasteiger partial charge in [-0.15, -0.1) is 5.92 Å². The van der Waals surface area contributed by atoms with Gasteiger partial charge in [-0.05, 0) is 59.3 Å². The quantitative estimate of drug-likeness (QED) is 0.0337. The molecule has 52 heavy (non-hydrogen) atoms. The van der Waals surface area contributed by atoms with Gasteiger partial charge >= 0.3 is 5.97 Å². The molecule has 3 atom stereocenters. The van der Waals surface area contributed by atoms with Crippen molar-refractivity contribution in [1.29, 1.82) is 0 Å². The minimum atomic E-state index is -3.00. The topological polar surface area (TPSA) is 72.5 Å². The van der Waals surface area contributed by atoms with Gasteiger partial charge in [-0.25, -0.2) is 0 Å². The molecule has 0 aromatic heterocycles. The number of hydrogen-bond acceptors (Lipinski definition) is 7. The zero-order valence-corrected chi connectivity index (χ0v) is 33.3. The number of esters is 1. The number of benzene rings is 3. The largest absolute Gasteiger partial charge is 0.497 e. The van der Waals surface area contributed by atoms with Crippen molar-refractivity contribution in [3.8, 4) is 29.4 Å². The molecule has 0 heterocycles. The van der Waals surface area contributed by atoms with Crippen LogP contribution in [0.5, 0.6) is 5.75 Å². The van der Waals surface area contributed by atoms with Crippen LogP contribution < -0.4 is 15.1 Å². The van der Waals surface area contributed by atoms with Gasteiger partial charge in [0.05, 0.1) is 27.2 Å². The van der Waals surface area contributed by atoms with Crippen LogP contribution in [0.1, 0.15) is 65.9 Å². The van der Waals surface area contributed by atoms with Gasteiger partial charge in [-0.3, -0.25) is 4.79 Å². The van der Waals surface area contributed by atoms with Gasteiger partial charge in [-0.2, -0.15) is 0 Å². The fraction of sp³-hybridized carbons (Fsp3) is 0.432.